The van der Waals surface area contributed by atoms with Crippen LogP contribution in [0.1, 0.15) is 206 Å². The molecule has 0 aliphatic heterocycles. The van der Waals surface area contributed by atoms with Gasteiger partial charge in [0.15, 0.2) is 0 Å². The van der Waals surface area contributed by atoms with E-state index in [1.54, 1.807) is 7.11 Å². The lowest BCUT2D eigenvalue weighted by Crippen LogP contribution is -2.10. The highest BCUT2D eigenvalue weighted by molar-refractivity contribution is 5.69. The number of nitrogens with zero attached hydrogens (tertiary/aromatic N) is 1. The Labute approximate surface area is 334 Å². The van der Waals surface area contributed by atoms with Gasteiger partial charge in [-0.15, -0.1) is 0 Å². The minimum Gasteiger partial charge on any atom is -0.494 e. The predicted octanol–water partition coefficient (Wildman–Crippen LogP) is 13.2. The van der Waals surface area contributed by atoms with Crippen molar-refractivity contribution in [2.24, 2.45) is 0 Å². The SMILES string of the molecule is CCCCCCCCCC(=O)OCCCCCCCCOC.CCCCCCCCCCC(=O)OCCCCCCCCOc1cccc(CN(C)C)c1. The molecule has 1 aromatic rings. The lowest BCUT2D eigenvalue weighted by atomic mass is 10.1. The molecule has 0 heterocycles. The van der Waals surface area contributed by atoms with Crippen LogP contribution in [-0.2, 0) is 30.3 Å². The number of carbonyl (C=O) groups excluding carboxylic acids is 2. The molecule has 54 heavy (non-hydrogen) atoms. The molecule has 1 rings (SSSR count). The lowest BCUT2D eigenvalue weighted by Gasteiger charge is -2.11. The number of carbonyl (C=O) groups is 2. The molecule has 0 amide bonds. The smallest absolute Gasteiger partial charge is 0.305 e. The Morgan fingerprint density at radius 3 is 1.31 bits per heavy atom. The summed E-state index contributed by atoms with van der Waals surface area (Å²) in [6, 6.07) is 8.38. The zero-order valence-electron chi connectivity index (χ0n) is 36.2. The van der Waals surface area contributed by atoms with E-state index in [1.165, 1.54) is 121 Å². The van der Waals surface area contributed by atoms with Gasteiger partial charge in [-0.3, -0.25) is 9.59 Å². The Morgan fingerprint density at radius 1 is 0.500 bits per heavy atom. The van der Waals surface area contributed by atoms with Gasteiger partial charge >= 0.3 is 11.9 Å². The van der Waals surface area contributed by atoms with Crippen molar-refractivity contribution < 1.29 is 28.5 Å². The van der Waals surface area contributed by atoms with Crippen molar-refractivity contribution >= 4 is 11.9 Å². The van der Waals surface area contributed by atoms with E-state index in [0.29, 0.717) is 26.1 Å². The Bertz CT molecular complexity index is 939. The molecular weight excluding hydrogens is 675 g/mol. The van der Waals surface area contributed by atoms with E-state index >= 15 is 0 Å². The first kappa shape index (κ1) is 51.9. The second-order valence-electron chi connectivity index (χ2n) is 15.5. The van der Waals surface area contributed by atoms with Gasteiger partial charge in [-0.05, 0) is 70.3 Å². The summed E-state index contributed by atoms with van der Waals surface area (Å²) in [4.78, 5) is 25.5. The number of ether oxygens (including phenoxy) is 4. The maximum Gasteiger partial charge on any atom is 0.305 e. The molecular formula is C47H87NO6. The third-order valence-corrected chi connectivity index (χ3v) is 9.69. The molecule has 0 spiro atoms. The summed E-state index contributed by atoms with van der Waals surface area (Å²) in [5.41, 5.74) is 1.28. The van der Waals surface area contributed by atoms with Crippen molar-refractivity contribution in [1.29, 1.82) is 0 Å². The lowest BCUT2D eigenvalue weighted by molar-refractivity contribution is -0.144. The first-order valence-electron chi connectivity index (χ1n) is 22.6. The summed E-state index contributed by atoms with van der Waals surface area (Å²) >= 11 is 0. The van der Waals surface area contributed by atoms with Crippen molar-refractivity contribution in [2.45, 2.75) is 207 Å². The van der Waals surface area contributed by atoms with E-state index < -0.39 is 0 Å². The van der Waals surface area contributed by atoms with Gasteiger partial charge in [-0.2, -0.15) is 0 Å². The molecule has 0 aromatic heterocycles. The van der Waals surface area contributed by atoms with Gasteiger partial charge in [0.2, 0.25) is 0 Å². The van der Waals surface area contributed by atoms with E-state index in [4.69, 9.17) is 18.9 Å². The van der Waals surface area contributed by atoms with Crippen LogP contribution in [0.4, 0.5) is 0 Å². The minimum atomic E-state index is -0.0113. The maximum atomic E-state index is 11.8. The van der Waals surface area contributed by atoms with Gasteiger partial charge in [0.1, 0.15) is 5.75 Å². The highest BCUT2D eigenvalue weighted by atomic mass is 16.5. The molecule has 0 aliphatic carbocycles. The summed E-state index contributed by atoms with van der Waals surface area (Å²) in [7, 11) is 5.91. The molecule has 0 saturated carbocycles. The summed E-state index contributed by atoms with van der Waals surface area (Å²) < 4.78 is 21.6. The maximum absolute atomic E-state index is 11.8. The number of benzene rings is 1. The van der Waals surface area contributed by atoms with Crippen molar-refractivity contribution in [2.75, 3.05) is 47.6 Å². The fourth-order valence-corrected chi connectivity index (χ4v) is 6.40. The topological polar surface area (TPSA) is 74.3 Å². The Morgan fingerprint density at radius 2 is 0.889 bits per heavy atom. The van der Waals surface area contributed by atoms with Crippen molar-refractivity contribution in [3.05, 3.63) is 29.8 Å². The monoisotopic (exact) mass is 762 g/mol. The zero-order valence-corrected chi connectivity index (χ0v) is 36.2. The Hall–Kier alpha value is -2.12. The van der Waals surface area contributed by atoms with Crippen LogP contribution in [0.25, 0.3) is 0 Å². The van der Waals surface area contributed by atoms with E-state index in [1.807, 2.05) is 6.07 Å². The summed E-state index contributed by atoms with van der Waals surface area (Å²) in [5.74, 6) is 0.953. The molecule has 0 atom stereocenters. The van der Waals surface area contributed by atoms with Crippen LogP contribution in [0.5, 0.6) is 5.75 Å². The molecule has 316 valence electrons. The quantitative estimate of drug-likeness (QED) is 0.0490. The molecule has 0 bridgehead atoms. The predicted molar refractivity (Wildman–Crippen MR) is 228 cm³/mol. The van der Waals surface area contributed by atoms with Crippen LogP contribution in [0.15, 0.2) is 24.3 Å². The molecule has 1 aromatic carbocycles. The summed E-state index contributed by atoms with van der Waals surface area (Å²) in [6.45, 7) is 8.26. The average Bonchev–Trinajstić information content (AvgIpc) is 3.15. The van der Waals surface area contributed by atoms with Crippen LogP contribution in [0, 0.1) is 0 Å². The first-order valence-corrected chi connectivity index (χ1v) is 22.6. The standard InChI is InChI=1S/C28H49NO3.C19H38O3/c1-4-5-6-7-8-9-12-15-21-28(30)32-23-17-14-11-10-13-16-22-31-27-20-18-19-26(24-27)25-29(2)3;1-3-4-5-6-7-10-13-16-19(20)22-18-15-12-9-8-11-14-17-21-2/h18-20,24H,4-17,21-23,25H2,1-3H3;3-18H2,1-2H3. The molecule has 7 nitrogen and oxygen atoms in total. The van der Waals surface area contributed by atoms with Crippen LogP contribution < -0.4 is 4.74 Å². The first-order chi connectivity index (χ1) is 26.4. The van der Waals surface area contributed by atoms with E-state index in [9.17, 15) is 9.59 Å². The van der Waals surface area contributed by atoms with E-state index in [2.05, 4.69) is 51.0 Å². The molecule has 0 fully saturated rings. The number of esters is 2. The molecule has 7 heteroatoms. The largest absolute Gasteiger partial charge is 0.494 e. The van der Waals surface area contributed by atoms with Gasteiger partial charge in [-0.25, -0.2) is 0 Å². The van der Waals surface area contributed by atoms with Gasteiger partial charge in [0.25, 0.3) is 0 Å². The van der Waals surface area contributed by atoms with Crippen molar-refractivity contribution in [3.8, 4) is 5.75 Å². The van der Waals surface area contributed by atoms with Crippen LogP contribution in [-0.4, -0.2) is 64.5 Å². The molecule has 0 radical (unpaired) electrons. The van der Waals surface area contributed by atoms with Gasteiger partial charge < -0.3 is 23.8 Å². The zero-order chi connectivity index (χ0) is 39.6. The number of unbranched alkanes of at least 4 members (excludes halogenated alkanes) is 23. The van der Waals surface area contributed by atoms with Crippen LogP contribution in [0.3, 0.4) is 0 Å². The number of hydrogen-bond acceptors (Lipinski definition) is 7. The van der Waals surface area contributed by atoms with Crippen LogP contribution in [0.2, 0.25) is 0 Å². The Balaban J connectivity index is 0.00000112. The molecule has 0 aliphatic rings. The Kier molecular flexibility index (Phi) is 40.4. The van der Waals surface area contributed by atoms with Gasteiger partial charge in [0.05, 0.1) is 19.8 Å². The summed E-state index contributed by atoms with van der Waals surface area (Å²) in [6.07, 6.45) is 33.8. The third kappa shape index (κ3) is 39.6. The average molecular weight is 762 g/mol. The second kappa shape index (κ2) is 42.0. The highest BCUT2D eigenvalue weighted by Crippen LogP contribution is 2.16. The van der Waals surface area contributed by atoms with Crippen molar-refractivity contribution in [3.63, 3.8) is 0 Å². The second-order valence-corrected chi connectivity index (χ2v) is 15.5. The fraction of sp³-hybridized carbons (Fsp3) is 0.830. The summed E-state index contributed by atoms with van der Waals surface area (Å²) in [5, 5.41) is 0. The van der Waals surface area contributed by atoms with Gasteiger partial charge in [-0.1, -0.05) is 161 Å². The minimum absolute atomic E-state index is 0.00588. The fourth-order valence-electron chi connectivity index (χ4n) is 6.40. The van der Waals surface area contributed by atoms with Crippen LogP contribution >= 0.6 is 0 Å². The normalized spacial score (nSPS) is 11.0. The molecule has 0 saturated heterocycles. The van der Waals surface area contributed by atoms with Gasteiger partial charge in [0, 0.05) is 33.1 Å². The molecule has 0 unspecified atom stereocenters. The highest BCUT2D eigenvalue weighted by Gasteiger charge is 2.04. The van der Waals surface area contributed by atoms with E-state index in [-0.39, 0.29) is 11.9 Å². The number of rotatable bonds is 38. The molecule has 0 N–H and O–H groups in total. The third-order valence-electron chi connectivity index (χ3n) is 9.69. The van der Waals surface area contributed by atoms with E-state index in [0.717, 1.165) is 83.3 Å². The number of methoxy groups -OCH3 is 1. The number of hydrogen-bond donors (Lipinski definition) is 0. The van der Waals surface area contributed by atoms with Crippen molar-refractivity contribution in [1.82, 2.24) is 4.90 Å².